The minimum atomic E-state index is -1.50. The lowest BCUT2D eigenvalue weighted by Crippen LogP contribution is -2.67. The third-order valence-corrected chi connectivity index (χ3v) is 8.39. The number of halogens is 3. The number of amides is 1. The Morgan fingerprint density at radius 1 is 1.04 bits per heavy atom. The Balaban J connectivity index is 1.16. The summed E-state index contributed by atoms with van der Waals surface area (Å²) in [5, 5.41) is 54.6. The van der Waals surface area contributed by atoms with Crippen LogP contribution in [0.2, 0.25) is 5.02 Å². The molecule has 15 heteroatoms. The van der Waals surface area contributed by atoms with Crippen LogP contribution in [0.1, 0.15) is 25.8 Å². The van der Waals surface area contributed by atoms with E-state index in [1.807, 2.05) is 0 Å². The molecule has 2 aliphatic heterocycles. The molecule has 1 amide bonds. The molecule has 0 aromatic heterocycles. The summed E-state index contributed by atoms with van der Waals surface area (Å²) in [4.78, 5) is 12.9. The van der Waals surface area contributed by atoms with Crippen LogP contribution in [0.15, 0.2) is 47.6 Å². The summed E-state index contributed by atoms with van der Waals surface area (Å²) >= 11 is 5.81. The van der Waals surface area contributed by atoms with Gasteiger partial charge in [-0.1, -0.05) is 17.7 Å². The fourth-order valence-electron chi connectivity index (χ4n) is 5.54. The Hall–Kier alpha value is -3.34. The van der Waals surface area contributed by atoms with Crippen LogP contribution in [0.3, 0.4) is 0 Å². The van der Waals surface area contributed by atoms with Crippen LogP contribution in [0.25, 0.3) is 6.08 Å². The van der Waals surface area contributed by atoms with Crippen molar-refractivity contribution >= 4 is 23.6 Å². The first-order valence-electron chi connectivity index (χ1n) is 14.4. The van der Waals surface area contributed by atoms with E-state index in [0.717, 1.165) is 6.07 Å². The number of carbonyl (C=O) groups excluding carboxylic acids is 1. The van der Waals surface area contributed by atoms with Gasteiger partial charge >= 0.3 is 0 Å². The SMILES string of the molecule is CC(=Cc1ccc(O[C@H]2C[C@H](O)[C@@H](C(C)=CCOc3cc(F)cc(F)c3Cl)O2)c(O)c1)C(=O)N[C@@H]1[C@H](O)[C@@H](O)[C@H]2OCO[C@H]2[C@@H]1O. The number of aromatic hydroxyl groups is 1. The molecule has 2 aromatic carbocycles. The zero-order chi connectivity index (χ0) is 33.3. The predicted molar refractivity (Wildman–Crippen MR) is 157 cm³/mol. The highest BCUT2D eigenvalue weighted by Gasteiger charge is 2.53. The number of aliphatic hydroxyl groups is 4. The normalized spacial score (nSPS) is 31.5. The number of phenols is 1. The standard InChI is InChI=1S/C31H34ClF2NO11/c1-13(5-6-42-21-10-16(33)9-17(34)23(21)32)28-19(37)11-22(46-28)45-20-4-3-15(8-18(20)36)7-14(2)31(41)35-24-25(38)27(40)30-29(26(24)39)43-12-44-30/h3-5,7-10,19,22,24-30,36-40H,6,11-12H2,1-2H3,(H,35,41)/t19-,22+,24+,25-,26+,27+,28+,29-,30+/m0/s1. The molecule has 0 spiro atoms. The summed E-state index contributed by atoms with van der Waals surface area (Å²) in [6.07, 6.45) is -5.57. The molecule has 3 aliphatic rings. The Kier molecular flexibility index (Phi) is 10.5. The van der Waals surface area contributed by atoms with Crippen LogP contribution in [-0.2, 0) is 19.0 Å². The molecule has 3 fully saturated rings. The quantitative estimate of drug-likeness (QED) is 0.131. The third-order valence-electron chi connectivity index (χ3n) is 8.02. The van der Waals surface area contributed by atoms with Crippen molar-refractivity contribution in [1.29, 1.82) is 0 Å². The molecule has 2 aromatic rings. The molecule has 0 bridgehead atoms. The van der Waals surface area contributed by atoms with Gasteiger partial charge in [-0.3, -0.25) is 4.79 Å². The maximum absolute atomic E-state index is 13.6. The molecule has 6 N–H and O–H groups in total. The number of fused-ring (bicyclic) bond motifs is 1. The Bertz CT molecular complexity index is 1510. The number of hydrogen-bond donors (Lipinski definition) is 6. The molecular formula is C31H34ClF2NO11. The highest BCUT2D eigenvalue weighted by Crippen LogP contribution is 2.34. The first-order chi connectivity index (χ1) is 21.8. The molecule has 0 radical (unpaired) electrons. The van der Waals surface area contributed by atoms with E-state index in [2.05, 4.69) is 5.32 Å². The number of rotatable bonds is 9. The lowest BCUT2D eigenvalue weighted by atomic mass is 9.83. The van der Waals surface area contributed by atoms with Crippen LogP contribution in [0, 0.1) is 11.6 Å². The molecule has 250 valence electrons. The predicted octanol–water partition coefficient (Wildman–Crippen LogP) is 1.93. The zero-order valence-electron chi connectivity index (χ0n) is 24.7. The first-order valence-corrected chi connectivity index (χ1v) is 14.8. The second-order valence-electron chi connectivity index (χ2n) is 11.3. The lowest BCUT2D eigenvalue weighted by molar-refractivity contribution is -0.155. The number of phenolic OH excluding ortho intramolecular Hbond substituents is 1. The maximum atomic E-state index is 13.6. The van der Waals surface area contributed by atoms with Gasteiger partial charge in [0.25, 0.3) is 0 Å². The number of ether oxygens (including phenoxy) is 5. The fraction of sp³-hybridized carbons (Fsp3) is 0.452. The van der Waals surface area contributed by atoms with Crippen molar-refractivity contribution in [2.45, 2.75) is 75.3 Å². The van der Waals surface area contributed by atoms with E-state index >= 15 is 0 Å². The van der Waals surface area contributed by atoms with E-state index < -0.39 is 72.6 Å². The lowest BCUT2D eigenvalue weighted by Gasteiger charge is -2.41. The molecule has 1 saturated carbocycles. The van der Waals surface area contributed by atoms with Crippen molar-refractivity contribution in [1.82, 2.24) is 5.32 Å². The molecule has 1 aliphatic carbocycles. The summed E-state index contributed by atoms with van der Waals surface area (Å²) in [6.45, 7) is 2.91. The second-order valence-corrected chi connectivity index (χ2v) is 11.6. The topological polar surface area (TPSA) is 176 Å². The molecule has 0 unspecified atom stereocenters. The molecule has 5 rings (SSSR count). The third kappa shape index (κ3) is 7.29. The van der Waals surface area contributed by atoms with Gasteiger partial charge < -0.3 is 54.5 Å². The Labute approximate surface area is 267 Å². The van der Waals surface area contributed by atoms with E-state index in [9.17, 15) is 39.1 Å². The van der Waals surface area contributed by atoms with Crippen LogP contribution in [-0.4, -0.2) is 99.9 Å². The highest BCUT2D eigenvalue weighted by molar-refractivity contribution is 6.32. The maximum Gasteiger partial charge on any atom is 0.247 e. The zero-order valence-corrected chi connectivity index (χ0v) is 25.4. The van der Waals surface area contributed by atoms with Gasteiger partial charge in [0.2, 0.25) is 12.2 Å². The van der Waals surface area contributed by atoms with Crippen molar-refractivity contribution in [2.24, 2.45) is 0 Å². The fourth-order valence-corrected chi connectivity index (χ4v) is 5.70. The molecule has 2 heterocycles. The largest absolute Gasteiger partial charge is 0.504 e. The number of aliphatic hydroxyl groups excluding tert-OH is 4. The van der Waals surface area contributed by atoms with Crippen molar-refractivity contribution in [3.8, 4) is 17.2 Å². The van der Waals surface area contributed by atoms with Gasteiger partial charge in [0.05, 0.1) is 12.1 Å². The van der Waals surface area contributed by atoms with Crippen LogP contribution >= 0.6 is 11.6 Å². The molecular weight excluding hydrogens is 636 g/mol. The van der Waals surface area contributed by atoms with Crippen LogP contribution in [0.4, 0.5) is 8.78 Å². The molecule has 9 atom stereocenters. The number of nitrogens with one attached hydrogen (secondary N) is 1. The number of carbonyl (C=O) groups is 1. The van der Waals surface area contributed by atoms with Crippen molar-refractivity contribution in [2.75, 3.05) is 13.4 Å². The molecule has 12 nitrogen and oxygen atoms in total. The minimum absolute atomic E-state index is 0.0561. The van der Waals surface area contributed by atoms with E-state index in [1.54, 1.807) is 19.1 Å². The average molecular weight is 670 g/mol. The van der Waals surface area contributed by atoms with Crippen LogP contribution in [0.5, 0.6) is 17.2 Å². The summed E-state index contributed by atoms with van der Waals surface area (Å²) in [7, 11) is 0. The summed E-state index contributed by atoms with van der Waals surface area (Å²) in [6, 6.07) is 4.75. The van der Waals surface area contributed by atoms with Gasteiger partial charge in [-0.2, -0.15) is 0 Å². The minimum Gasteiger partial charge on any atom is -0.504 e. The Morgan fingerprint density at radius 2 is 1.76 bits per heavy atom. The number of hydrogen-bond acceptors (Lipinski definition) is 11. The molecule has 2 saturated heterocycles. The second kappa shape index (κ2) is 14.2. The van der Waals surface area contributed by atoms with Gasteiger partial charge in [-0.05, 0) is 49.3 Å². The van der Waals surface area contributed by atoms with Crippen molar-refractivity contribution in [3.05, 3.63) is 69.8 Å². The number of benzene rings is 2. The summed E-state index contributed by atoms with van der Waals surface area (Å²) in [5.41, 5.74) is 1.17. The van der Waals surface area contributed by atoms with E-state index in [-0.39, 0.29) is 47.7 Å². The van der Waals surface area contributed by atoms with Crippen molar-refractivity contribution < 1.29 is 62.8 Å². The Morgan fingerprint density at radius 3 is 2.48 bits per heavy atom. The van der Waals surface area contributed by atoms with E-state index in [4.69, 9.17) is 35.3 Å². The summed E-state index contributed by atoms with van der Waals surface area (Å²) < 4.78 is 54.5. The van der Waals surface area contributed by atoms with Crippen molar-refractivity contribution in [3.63, 3.8) is 0 Å². The van der Waals surface area contributed by atoms with Gasteiger partial charge in [0.1, 0.15) is 72.4 Å². The van der Waals surface area contributed by atoms with Gasteiger partial charge in [0.15, 0.2) is 11.5 Å². The summed E-state index contributed by atoms with van der Waals surface area (Å²) in [5.74, 6) is -2.81. The van der Waals surface area contributed by atoms with E-state index in [1.165, 1.54) is 25.1 Å². The monoisotopic (exact) mass is 669 g/mol. The van der Waals surface area contributed by atoms with Crippen LogP contribution < -0.4 is 14.8 Å². The highest BCUT2D eigenvalue weighted by atomic mass is 35.5. The van der Waals surface area contributed by atoms with Gasteiger partial charge in [0, 0.05) is 24.1 Å². The van der Waals surface area contributed by atoms with Gasteiger partial charge in [-0.25, -0.2) is 8.78 Å². The first kappa shape index (κ1) is 34.0. The van der Waals surface area contributed by atoms with E-state index in [0.29, 0.717) is 17.2 Å². The van der Waals surface area contributed by atoms with Gasteiger partial charge in [-0.15, -0.1) is 0 Å². The smallest absolute Gasteiger partial charge is 0.247 e. The molecule has 46 heavy (non-hydrogen) atoms. The average Bonchev–Trinajstić information content (AvgIpc) is 3.65.